The van der Waals surface area contributed by atoms with Crippen molar-refractivity contribution in [3.63, 3.8) is 0 Å². The van der Waals surface area contributed by atoms with Crippen LogP contribution >= 0.6 is 47.4 Å². The molecular formula is C10H9Cl3S. The fourth-order valence-corrected chi connectivity index (χ4v) is 1.81. The van der Waals surface area contributed by atoms with Gasteiger partial charge in [0.25, 0.3) is 0 Å². The molecule has 1 rings (SSSR count). The second-order valence-electron chi connectivity index (χ2n) is 2.71. The molecule has 4 heteroatoms. The van der Waals surface area contributed by atoms with Crippen LogP contribution in [0.2, 0.25) is 15.1 Å². The third-order valence-electron chi connectivity index (χ3n) is 1.61. The summed E-state index contributed by atoms with van der Waals surface area (Å²) in [6.07, 6.45) is 4.78. The van der Waals surface area contributed by atoms with Crippen LogP contribution in [0.25, 0.3) is 6.08 Å². The predicted molar refractivity (Wildman–Crippen MR) is 69.0 cm³/mol. The minimum absolute atomic E-state index is 0.477. The Morgan fingerprint density at radius 2 is 1.93 bits per heavy atom. The van der Waals surface area contributed by atoms with E-state index in [1.54, 1.807) is 12.1 Å². The fourth-order valence-electron chi connectivity index (χ4n) is 0.982. The van der Waals surface area contributed by atoms with E-state index in [1.165, 1.54) is 0 Å². The first-order chi connectivity index (χ1) is 6.65. The molecule has 0 amide bonds. The zero-order valence-electron chi connectivity index (χ0n) is 7.30. The molecule has 0 bridgehead atoms. The average molecular weight is 268 g/mol. The number of benzene rings is 1. The van der Waals surface area contributed by atoms with Gasteiger partial charge >= 0.3 is 0 Å². The van der Waals surface area contributed by atoms with Crippen molar-refractivity contribution >= 4 is 53.5 Å². The lowest BCUT2D eigenvalue weighted by atomic mass is 10.2. The van der Waals surface area contributed by atoms with Crippen LogP contribution in [-0.2, 0) is 0 Å². The summed E-state index contributed by atoms with van der Waals surface area (Å²) in [5, 5.41) is 1.60. The maximum atomic E-state index is 5.98. The average Bonchev–Trinajstić information content (AvgIpc) is 2.13. The smallest absolute Gasteiger partial charge is 0.0665 e. The molecule has 0 saturated heterocycles. The third kappa shape index (κ3) is 3.39. The molecule has 1 aromatic rings. The third-order valence-corrected chi connectivity index (χ3v) is 2.91. The first kappa shape index (κ1) is 12.3. The Morgan fingerprint density at radius 3 is 2.57 bits per heavy atom. The van der Waals surface area contributed by atoms with E-state index in [4.69, 9.17) is 34.8 Å². The molecule has 0 atom stereocenters. The Labute approximate surface area is 104 Å². The molecule has 0 aromatic heterocycles. The van der Waals surface area contributed by atoms with Crippen molar-refractivity contribution in [1.29, 1.82) is 0 Å². The monoisotopic (exact) mass is 266 g/mol. The molecule has 0 fully saturated rings. The van der Waals surface area contributed by atoms with Crippen molar-refractivity contribution in [2.45, 2.75) is 6.42 Å². The molecule has 0 radical (unpaired) electrons. The summed E-state index contributed by atoms with van der Waals surface area (Å²) in [6, 6.07) is 3.41. The van der Waals surface area contributed by atoms with Crippen molar-refractivity contribution in [3.8, 4) is 0 Å². The van der Waals surface area contributed by atoms with Crippen LogP contribution in [0, 0.1) is 0 Å². The van der Waals surface area contributed by atoms with Gasteiger partial charge in [-0.3, -0.25) is 0 Å². The maximum absolute atomic E-state index is 5.98. The van der Waals surface area contributed by atoms with Crippen molar-refractivity contribution in [1.82, 2.24) is 0 Å². The Morgan fingerprint density at radius 1 is 1.21 bits per heavy atom. The Bertz CT molecular complexity index is 347. The summed E-state index contributed by atoms with van der Waals surface area (Å²) in [6.45, 7) is 0. The highest BCUT2D eigenvalue weighted by Gasteiger charge is 2.03. The maximum Gasteiger partial charge on any atom is 0.0665 e. The highest BCUT2D eigenvalue weighted by atomic mass is 35.5. The van der Waals surface area contributed by atoms with E-state index in [2.05, 4.69) is 12.6 Å². The standard InChI is InChI=1S/C10H9Cl3S/c11-8-5-7(3-1-2-4-14)10(13)9(12)6-8/h1,3,5-6,14H,2,4H2. The zero-order chi connectivity index (χ0) is 10.6. The number of hydrogen-bond acceptors (Lipinski definition) is 1. The predicted octanol–water partition coefficient (Wildman–Crippen LogP) is 4.98. The number of halogens is 3. The number of rotatable bonds is 3. The minimum Gasteiger partial charge on any atom is -0.179 e. The van der Waals surface area contributed by atoms with Crippen LogP contribution in [0.1, 0.15) is 12.0 Å². The van der Waals surface area contributed by atoms with E-state index in [0.29, 0.717) is 15.1 Å². The Kier molecular flexibility index (Phi) is 5.18. The first-order valence-electron chi connectivity index (χ1n) is 4.07. The van der Waals surface area contributed by atoms with E-state index in [1.807, 2.05) is 12.2 Å². The number of allylic oxidation sites excluding steroid dienone is 1. The van der Waals surface area contributed by atoms with Gasteiger partial charge in [-0.05, 0) is 29.9 Å². The van der Waals surface area contributed by atoms with Gasteiger partial charge in [0.2, 0.25) is 0 Å². The van der Waals surface area contributed by atoms with Crippen LogP contribution in [0.5, 0.6) is 0 Å². The van der Waals surface area contributed by atoms with E-state index in [0.717, 1.165) is 17.7 Å². The molecule has 0 unspecified atom stereocenters. The second-order valence-corrected chi connectivity index (χ2v) is 4.37. The van der Waals surface area contributed by atoms with Crippen molar-refractivity contribution in [3.05, 3.63) is 38.8 Å². The second kappa shape index (κ2) is 5.92. The topological polar surface area (TPSA) is 0 Å². The summed E-state index contributed by atoms with van der Waals surface area (Å²) < 4.78 is 0. The van der Waals surface area contributed by atoms with Gasteiger partial charge < -0.3 is 0 Å². The van der Waals surface area contributed by atoms with Crippen LogP contribution in [-0.4, -0.2) is 5.75 Å². The van der Waals surface area contributed by atoms with Gasteiger partial charge in [-0.2, -0.15) is 12.6 Å². The van der Waals surface area contributed by atoms with Crippen LogP contribution in [0.15, 0.2) is 18.2 Å². The van der Waals surface area contributed by atoms with Gasteiger partial charge in [0, 0.05) is 5.02 Å². The highest BCUT2D eigenvalue weighted by Crippen LogP contribution is 2.30. The van der Waals surface area contributed by atoms with Gasteiger partial charge in [0.05, 0.1) is 10.0 Å². The van der Waals surface area contributed by atoms with Crippen LogP contribution in [0.4, 0.5) is 0 Å². The molecule has 0 heterocycles. The van der Waals surface area contributed by atoms with E-state index in [9.17, 15) is 0 Å². The fraction of sp³-hybridized carbons (Fsp3) is 0.200. The number of hydrogen-bond donors (Lipinski definition) is 1. The number of thiol groups is 1. The molecular weight excluding hydrogens is 259 g/mol. The highest BCUT2D eigenvalue weighted by molar-refractivity contribution is 7.80. The molecule has 0 aliphatic carbocycles. The molecule has 0 aliphatic heterocycles. The SMILES string of the molecule is SCCC=Cc1cc(Cl)cc(Cl)c1Cl. The van der Waals surface area contributed by atoms with Gasteiger partial charge in [-0.15, -0.1) is 0 Å². The molecule has 14 heavy (non-hydrogen) atoms. The first-order valence-corrected chi connectivity index (χ1v) is 5.83. The molecule has 0 aliphatic rings. The van der Waals surface area contributed by atoms with Gasteiger partial charge in [0.1, 0.15) is 0 Å². The largest absolute Gasteiger partial charge is 0.179 e. The van der Waals surface area contributed by atoms with Crippen LogP contribution in [0.3, 0.4) is 0 Å². The summed E-state index contributed by atoms with van der Waals surface area (Å²) in [5.41, 5.74) is 0.839. The Balaban J connectivity index is 2.96. The molecule has 0 nitrogen and oxygen atoms in total. The lowest BCUT2D eigenvalue weighted by molar-refractivity contribution is 1.26. The quantitative estimate of drug-likeness (QED) is 0.579. The van der Waals surface area contributed by atoms with Crippen molar-refractivity contribution in [2.24, 2.45) is 0 Å². The van der Waals surface area contributed by atoms with E-state index >= 15 is 0 Å². The van der Waals surface area contributed by atoms with Crippen molar-refractivity contribution in [2.75, 3.05) is 5.75 Å². The normalized spacial score (nSPS) is 11.1. The Hall–Kier alpha value is 0.180. The summed E-state index contributed by atoms with van der Waals surface area (Å²) >= 11 is 21.8. The molecule has 1 aromatic carbocycles. The minimum atomic E-state index is 0.477. The summed E-state index contributed by atoms with van der Waals surface area (Å²) in [4.78, 5) is 0. The lowest BCUT2D eigenvalue weighted by Gasteiger charge is -2.01. The van der Waals surface area contributed by atoms with E-state index in [-0.39, 0.29) is 0 Å². The van der Waals surface area contributed by atoms with Crippen LogP contribution < -0.4 is 0 Å². The molecule has 0 saturated carbocycles. The lowest BCUT2D eigenvalue weighted by Crippen LogP contribution is -1.78. The summed E-state index contributed by atoms with van der Waals surface area (Å²) in [7, 11) is 0. The summed E-state index contributed by atoms with van der Waals surface area (Å²) in [5.74, 6) is 0.808. The molecule has 76 valence electrons. The molecule has 0 spiro atoms. The molecule has 0 N–H and O–H groups in total. The van der Waals surface area contributed by atoms with Crippen molar-refractivity contribution < 1.29 is 0 Å². The van der Waals surface area contributed by atoms with Gasteiger partial charge in [0.15, 0.2) is 0 Å². The van der Waals surface area contributed by atoms with E-state index < -0.39 is 0 Å². The van der Waals surface area contributed by atoms with Gasteiger partial charge in [-0.1, -0.05) is 47.0 Å². The zero-order valence-corrected chi connectivity index (χ0v) is 10.5. The van der Waals surface area contributed by atoms with Gasteiger partial charge in [-0.25, -0.2) is 0 Å².